The molecule has 3 heterocycles. The maximum atomic E-state index is 2.89. The van der Waals surface area contributed by atoms with Gasteiger partial charge in [-0.3, -0.25) is 0 Å². The van der Waals surface area contributed by atoms with Gasteiger partial charge in [0.05, 0.1) is 27.6 Å². The van der Waals surface area contributed by atoms with Gasteiger partial charge in [-0.25, -0.2) is 0 Å². The van der Waals surface area contributed by atoms with Crippen LogP contribution in [0.15, 0.2) is 243 Å². The summed E-state index contributed by atoms with van der Waals surface area (Å²) >= 11 is 0. The molecular weight excluding hydrogens is 846 g/mol. The van der Waals surface area contributed by atoms with Gasteiger partial charge >= 0.3 is 0 Å². The molecule has 0 aliphatic heterocycles. The predicted octanol–water partition coefficient (Wildman–Crippen LogP) is 16.1. The summed E-state index contributed by atoms with van der Waals surface area (Å²) in [5.74, 6) is 0. The van der Waals surface area contributed by atoms with Crippen LogP contribution in [0.1, 0.15) is 0 Å². The predicted molar refractivity (Wildman–Crippen MR) is 290 cm³/mol. The zero-order valence-electron chi connectivity index (χ0n) is 36.5. The van der Waals surface area contributed by atoms with Crippen molar-refractivity contribution in [2.45, 2.75) is 0 Å². The Bertz CT molecular complexity index is 3990. The SMILES string of the molecule is P[Si]c1ccc(N(c2ccc(-c3ccc4c(c3)c3ccccc3n4-c3ccccc3)cc2)c2ccc(-c3cccc4c5ccccc5c5c(-c6ccccc6)c6ccccc6n5c34)cc2)cc1. The quantitative estimate of drug-likeness (QED) is 0.0841. The number of nitrogens with zero attached hydrogens (tertiary/aromatic N) is 3. The molecule has 1 unspecified atom stereocenters. The molecule has 13 aromatic rings. The summed E-state index contributed by atoms with van der Waals surface area (Å²) < 4.78 is 4.90. The van der Waals surface area contributed by atoms with Crippen LogP contribution in [0.3, 0.4) is 0 Å². The number of rotatable bonds is 8. The van der Waals surface area contributed by atoms with Crippen molar-refractivity contribution in [2.75, 3.05) is 4.90 Å². The van der Waals surface area contributed by atoms with E-state index >= 15 is 0 Å². The van der Waals surface area contributed by atoms with Crippen molar-refractivity contribution in [1.29, 1.82) is 0 Å². The fourth-order valence-corrected chi connectivity index (χ4v) is 11.5. The van der Waals surface area contributed by atoms with Crippen molar-refractivity contribution in [3.63, 3.8) is 0 Å². The number of aromatic nitrogens is 2. The fraction of sp³-hybridized carbons (Fsp3) is 0. The van der Waals surface area contributed by atoms with Crippen LogP contribution in [-0.4, -0.2) is 18.2 Å². The lowest BCUT2D eigenvalue weighted by Gasteiger charge is -2.26. The van der Waals surface area contributed by atoms with Crippen LogP contribution in [0.5, 0.6) is 0 Å². The smallest absolute Gasteiger partial charge is 0.108 e. The van der Waals surface area contributed by atoms with E-state index in [4.69, 9.17) is 0 Å². The first-order valence-corrected chi connectivity index (χ1v) is 25.6. The topological polar surface area (TPSA) is 12.6 Å². The van der Waals surface area contributed by atoms with E-state index in [1.165, 1.54) is 104 Å². The highest BCUT2D eigenvalue weighted by Crippen LogP contribution is 2.45. The van der Waals surface area contributed by atoms with E-state index in [0.29, 0.717) is 9.19 Å². The van der Waals surface area contributed by atoms with Gasteiger partial charge in [0.25, 0.3) is 0 Å². The van der Waals surface area contributed by atoms with Gasteiger partial charge in [0.15, 0.2) is 0 Å². The molecule has 0 saturated heterocycles. The number of hydrogen-bond donors (Lipinski definition) is 0. The summed E-state index contributed by atoms with van der Waals surface area (Å²) in [5.41, 5.74) is 17.8. The molecule has 5 heteroatoms. The number of anilines is 3. The molecule has 3 aromatic heterocycles. The fourth-order valence-electron chi connectivity index (χ4n) is 10.5. The second-order valence-corrected chi connectivity index (χ2v) is 19.0. The van der Waals surface area contributed by atoms with E-state index < -0.39 is 0 Å². The largest absolute Gasteiger partial charge is 0.311 e. The van der Waals surface area contributed by atoms with Crippen molar-refractivity contribution in [3.8, 4) is 39.1 Å². The molecule has 10 aromatic carbocycles. The zero-order chi connectivity index (χ0) is 44.4. The van der Waals surface area contributed by atoms with Crippen LogP contribution >= 0.6 is 8.79 Å². The van der Waals surface area contributed by atoms with Gasteiger partial charge in [0.2, 0.25) is 0 Å². The van der Waals surface area contributed by atoms with Gasteiger partial charge in [-0.15, -0.1) is 8.79 Å². The lowest BCUT2D eigenvalue weighted by atomic mass is 9.96. The Morgan fingerprint density at radius 1 is 0.343 bits per heavy atom. The third-order valence-electron chi connectivity index (χ3n) is 13.5. The third-order valence-corrected chi connectivity index (χ3v) is 15.2. The van der Waals surface area contributed by atoms with E-state index in [0.717, 1.165) is 17.1 Å². The van der Waals surface area contributed by atoms with Gasteiger partial charge in [0, 0.05) is 60.8 Å². The Morgan fingerprint density at radius 3 is 1.57 bits per heavy atom. The summed E-state index contributed by atoms with van der Waals surface area (Å²) in [6, 6.07) is 89.0. The number of hydrogen-bond acceptors (Lipinski definition) is 1. The molecule has 1 atom stereocenters. The van der Waals surface area contributed by atoms with Crippen molar-refractivity contribution in [1.82, 2.24) is 8.97 Å². The molecule has 314 valence electrons. The second-order valence-electron chi connectivity index (χ2n) is 17.2. The van der Waals surface area contributed by atoms with Gasteiger partial charge in [-0.1, -0.05) is 175 Å². The number of benzene rings is 10. The lowest BCUT2D eigenvalue weighted by molar-refractivity contribution is 1.18. The standard InChI is InChI=1S/C62H42N3PSi/c66-67-49-37-35-48(36-38-49)63(46-31-26-41(27-32-46)44-30-39-59-56(40-44)52-19-9-11-24-57(52)64(59)45-16-5-2-6-17-45)47-33-28-42(29-34-47)50-22-13-23-53-51-18-7-8-20-54(51)62-60(43-14-3-1-4-15-43)55-21-10-12-25-58(55)65(62)61(50)53/h1-40H,66H2. The number of fused-ring (bicyclic) bond motifs is 11. The van der Waals surface area contributed by atoms with E-state index in [9.17, 15) is 0 Å². The van der Waals surface area contributed by atoms with Crippen LogP contribution in [0.2, 0.25) is 0 Å². The zero-order valence-corrected chi connectivity index (χ0v) is 38.7. The van der Waals surface area contributed by atoms with Gasteiger partial charge in [-0.2, -0.15) is 0 Å². The average Bonchev–Trinajstić information content (AvgIpc) is 3.93. The van der Waals surface area contributed by atoms with E-state index in [1.54, 1.807) is 0 Å². The van der Waals surface area contributed by atoms with Crippen LogP contribution in [0.25, 0.3) is 99.0 Å². The number of pyridine rings is 1. The van der Waals surface area contributed by atoms with Crippen molar-refractivity contribution in [3.05, 3.63) is 243 Å². The van der Waals surface area contributed by atoms with E-state index in [2.05, 4.69) is 265 Å². The highest BCUT2D eigenvalue weighted by molar-refractivity contribution is 7.58. The molecule has 0 aliphatic rings. The first-order chi connectivity index (χ1) is 33.2. The molecule has 2 radical (unpaired) electrons. The molecular formula is C62H42N3PSi. The Morgan fingerprint density at radius 2 is 0.866 bits per heavy atom. The normalized spacial score (nSPS) is 11.7. The molecule has 13 rings (SSSR count). The van der Waals surface area contributed by atoms with Crippen molar-refractivity contribution in [2.24, 2.45) is 0 Å². The van der Waals surface area contributed by atoms with Crippen molar-refractivity contribution >= 4 is 100 Å². The Labute approximate surface area is 393 Å². The summed E-state index contributed by atoms with van der Waals surface area (Å²) in [4.78, 5) is 2.38. The summed E-state index contributed by atoms with van der Waals surface area (Å²) in [5, 5.41) is 8.81. The maximum absolute atomic E-state index is 2.89. The van der Waals surface area contributed by atoms with E-state index in [1.807, 2.05) is 0 Å². The van der Waals surface area contributed by atoms with Crippen LogP contribution < -0.4 is 10.1 Å². The Hall–Kier alpha value is -8.01. The molecule has 0 spiro atoms. The number of para-hydroxylation sites is 4. The minimum absolute atomic E-state index is 0.656. The average molecular weight is 888 g/mol. The Balaban J connectivity index is 0.932. The molecule has 0 amide bonds. The lowest BCUT2D eigenvalue weighted by Crippen LogP contribution is -2.13. The molecule has 67 heavy (non-hydrogen) atoms. The molecule has 0 saturated carbocycles. The van der Waals surface area contributed by atoms with Crippen LogP contribution in [0, 0.1) is 0 Å². The third kappa shape index (κ3) is 6.44. The Kier molecular flexibility index (Phi) is 9.49. The first-order valence-electron chi connectivity index (χ1n) is 22.8. The van der Waals surface area contributed by atoms with Crippen LogP contribution in [0.4, 0.5) is 17.1 Å². The molecule has 3 nitrogen and oxygen atoms in total. The van der Waals surface area contributed by atoms with Gasteiger partial charge in [-0.05, 0) is 100 Å². The molecule has 0 aliphatic carbocycles. The monoisotopic (exact) mass is 887 g/mol. The minimum atomic E-state index is 0.656. The van der Waals surface area contributed by atoms with E-state index in [-0.39, 0.29) is 0 Å². The van der Waals surface area contributed by atoms with Crippen LogP contribution in [-0.2, 0) is 0 Å². The highest BCUT2D eigenvalue weighted by atomic mass is 31.3. The van der Waals surface area contributed by atoms with Crippen molar-refractivity contribution < 1.29 is 0 Å². The summed E-state index contributed by atoms with van der Waals surface area (Å²) in [6.07, 6.45) is 0. The summed E-state index contributed by atoms with van der Waals surface area (Å²) in [7, 11) is 3.54. The van der Waals surface area contributed by atoms with Gasteiger partial charge in [0.1, 0.15) is 9.19 Å². The van der Waals surface area contributed by atoms with Gasteiger partial charge < -0.3 is 13.9 Å². The summed E-state index contributed by atoms with van der Waals surface area (Å²) in [6.45, 7) is 0. The minimum Gasteiger partial charge on any atom is -0.311 e. The molecule has 0 N–H and O–H groups in total. The molecule has 0 bridgehead atoms. The first kappa shape index (κ1) is 39.4. The second kappa shape index (κ2) is 16.1. The highest BCUT2D eigenvalue weighted by Gasteiger charge is 2.22. The molecule has 0 fully saturated rings. The maximum Gasteiger partial charge on any atom is 0.108 e.